The van der Waals surface area contributed by atoms with Gasteiger partial charge in [0, 0.05) is 22.5 Å². The molecule has 0 unspecified atom stereocenters. The van der Waals surface area contributed by atoms with Gasteiger partial charge in [0.2, 0.25) is 0 Å². The molecule has 29 heavy (non-hydrogen) atoms. The predicted octanol–water partition coefficient (Wildman–Crippen LogP) is 5.09. The van der Waals surface area contributed by atoms with Crippen LogP contribution in [-0.2, 0) is 16.4 Å². The molecule has 1 nitrogen and oxygen atoms in total. The van der Waals surface area contributed by atoms with Crippen LogP contribution >= 0.6 is 13.2 Å². The molecule has 0 aliphatic heterocycles. The Labute approximate surface area is 177 Å². The minimum absolute atomic E-state index is 0.456. The normalized spacial score (nSPS) is 11.9. The van der Waals surface area contributed by atoms with Crippen LogP contribution in [0.2, 0.25) is 0 Å². The van der Waals surface area contributed by atoms with Crippen LogP contribution in [0.1, 0.15) is 0 Å². The van der Waals surface area contributed by atoms with Crippen LogP contribution in [0.25, 0.3) is 0 Å². The van der Waals surface area contributed by atoms with Crippen molar-refractivity contribution in [2.75, 3.05) is 5.90 Å². The van der Waals surface area contributed by atoms with Gasteiger partial charge in [0.1, 0.15) is 7.14 Å². The fourth-order valence-corrected chi connectivity index (χ4v) is 13.8. The summed E-state index contributed by atoms with van der Waals surface area (Å²) in [5.74, 6) is 0.456. The maximum Gasteiger partial charge on any atom is 0.148 e. The summed E-state index contributed by atoms with van der Waals surface area (Å²) in [7, 11) is -2.93. The summed E-state index contributed by atoms with van der Waals surface area (Å²) in [6.45, 7) is 0. The monoisotopic (exact) mass is 432 g/mol. The summed E-state index contributed by atoms with van der Waals surface area (Å²) < 4.78 is 14.7. The maximum atomic E-state index is 14.7. The highest BCUT2D eigenvalue weighted by molar-refractivity contribution is 8.24. The Bertz CT molecular complexity index is 979. The Kier molecular flexibility index (Phi) is 5.97. The Balaban J connectivity index is 1.93. The van der Waals surface area contributed by atoms with Crippen LogP contribution in [0, 0.1) is 0 Å². The second-order valence-electron chi connectivity index (χ2n) is 6.96. The van der Waals surface area contributed by atoms with E-state index in [0.29, 0.717) is 5.90 Å². The van der Waals surface area contributed by atoms with Gasteiger partial charge in [-0.15, -0.1) is 0 Å². The van der Waals surface area contributed by atoms with E-state index < -0.39 is 13.2 Å². The Morgan fingerprint density at radius 2 is 0.759 bits per heavy atom. The van der Waals surface area contributed by atoms with Crippen molar-refractivity contribution in [1.82, 2.24) is 0 Å². The van der Waals surface area contributed by atoms with Gasteiger partial charge >= 0.3 is 0 Å². The van der Waals surface area contributed by atoms with Crippen LogP contribution in [0.4, 0.5) is 0 Å². The highest BCUT2D eigenvalue weighted by Crippen LogP contribution is 2.59. The third-order valence-corrected chi connectivity index (χ3v) is 15.1. The van der Waals surface area contributed by atoms with Crippen molar-refractivity contribution in [1.29, 1.82) is 0 Å². The molecule has 0 bridgehead atoms. The van der Waals surface area contributed by atoms with Crippen molar-refractivity contribution in [3.8, 4) is 0 Å². The number of benzene rings is 4. The average molecular weight is 432 g/mol. The van der Waals surface area contributed by atoms with E-state index in [1.54, 1.807) is 0 Å². The summed E-state index contributed by atoms with van der Waals surface area (Å²) in [6, 6.07) is 37.8. The fourth-order valence-electron chi connectivity index (χ4n) is 3.58. The summed E-state index contributed by atoms with van der Waals surface area (Å²) in [5.41, 5.74) is 0. The first-order valence-corrected chi connectivity index (χ1v) is 14.4. The molecule has 0 heterocycles. The molecule has 0 fully saturated rings. The SMILES string of the molecule is O=P(CP(=S)(c1ccccc1)c1ccccc1)(c1ccccc1)c1ccccc1. The standard InChI is InChI=1S/C25H22OP2S/c26-27(22-13-5-1-6-14-22,23-15-7-2-8-16-23)21-28(29,24-17-9-3-10-18-24)25-19-11-4-12-20-25/h1-20H,21H2. The highest BCUT2D eigenvalue weighted by Gasteiger charge is 2.36. The molecule has 0 atom stereocenters. The van der Waals surface area contributed by atoms with Gasteiger partial charge in [-0.3, -0.25) is 0 Å². The third-order valence-electron chi connectivity index (χ3n) is 5.09. The van der Waals surface area contributed by atoms with Crippen molar-refractivity contribution in [2.45, 2.75) is 0 Å². The smallest absolute Gasteiger partial charge is 0.148 e. The lowest BCUT2D eigenvalue weighted by Gasteiger charge is -2.29. The second kappa shape index (κ2) is 8.64. The molecule has 0 spiro atoms. The van der Waals surface area contributed by atoms with Gasteiger partial charge in [0.05, 0.1) is 0 Å². The lowest BCUT2D eigenvalue weighted by atomic mass is 10.4. The average Bonchev–Trinajstić information content (AvgIpc) is 2.81. The van der Waals surface area contributed by atoms with Crippen molar-refractivity contribution in [3.63, 3.8) is 0 Å². The molecule has 0 saturated carbocycles. The van der Waals surface area contributed by atoms with Crippen LogP contribution < -0.4 is 21.2 Å². The van der Waals surface area contributed by atoms with E-state index in [-0.39, 0.29) is 0 Å². The Hall–Kier alpha value is -2.24. The molecule has 4 aromatic carbocycles. The van der Waals surface area contributed by atoms with Gasteiger partial charge in [-0.2, -0.15) is 0 Å². The highest BCUT2D eigenvalue weighted by atomic mass is 32.4. The van der Waals surface area contributed by atoms with E-state index in [2.05, 4.69) is 24.3 Å². The van der Waals surface area contributed by atoms with Crippen LogP contribution in [0.5, 0.6) is 0 Å². The number of hydrogen-bond donors (Lipinski definition) is 0. The van der Waals surface area contributed by atoms with Crippen LogP contribution in [0.15, 0.2) is 121 Å². The molecule has 0 aliphatic rings. The molecule has 4 aromatic rings. The molecule has 144 valence electrons. The van der Waals surface area contributed by atoms with E-state index in [0.717, 1.165) is 21.2 Å². The second-order valence-corrected chi connectivity index (χ2v) is 15.0. The zero-order chi connectivity index (χ0) is 20.2. The fraction of sp³-hybridized carbons (Fsp3) is 0.0400. The Morgan fingerprint density at radius 3 is 1.07 bits per heavy atom. The minimum atomic E-state index is -2.93. The molecule has 4 rings (SSSR count). The summed E-state index contributed by atoms with van der Waals surface area (Å²) in [6.07, 6.45) is 0. The Morgan fingerprint density at radius 1 is 0.483 bits per heavy atom. The van der Waals surface area contributed by atoms with Gasteiger partial charge in [-0.25, -0.2) is 0 Å². The molecule has 0 aliphatic carbocycles. The first-order chi connectivity index (χ1) is 14.1. The molecule has 0 aromatic heterocycles. The van der Waals surface area contributed by atoms with Gasteiger partial charge in [0.25, 0.3) is 0 Å². The molecule has 0 saturated heterocycles. The summed E-state index contributed by atoms with van der Waals surface area (Å²) >= 11 is 6.42. The third kappa shape index (κ3) is 4.07. The molecule has 0 N–H and O–H groups in total. The lowest BCUT2D eigenvalue weighted by molar-refractivity contribution is 0.589. The van der Waals surface area contributed by atoms with Gasteiger partial charge in [-0.1, -0.05) is 133 Å². The molecule has 4 heteroatoms. The number of hydrogen-bond acceptors (Lipinski definition) is 2. The van der Waals surface area contributed by atoms with Gasteiger partial charge < -0.3 is 4.57 Å². The zero-order valence-corrected chi connectivity index (χ0v) is 18.6. The van der Waals surface area contributed by atoms with Crippen LogP contribution in [-0.4, -0.2) is 5.90 Å². The predicted molar refractivity (Wildman–Crippen MR) is 131 cm³/mol. The van der Waals surface area contributed by atoms with E-state index in [4.69, 9.17) is 11.8 Å². The first kappa shape index (κ1) is 20.0. The molecular formula is C25H22OP2S. The maximum absolute atomic E-state index is 14.7. The van der Waals surface area contributed by atoms with E-state index in [1.165, 1.54) is 0 Å². The zero-order valence-electron chi connectivity index (χ0n) is 16.0. The van der Waals surface area contributed by atoms with Crippen LogP contribution in [0.3, 0.4) is 0 Å². The van der Waals surface area contributed by atoms with Gasteiger partial charge in [0.15, 0.2) is 0 Å². The molecule has 0 amide bonds. The topological polar surface area (TPSA) is 17.1 Å². The van der Waals surface area contributed by atoms with Crippen molar-refractivity contribution < 1.29 is 4.57 Å². The summed E-state index contributed by atoms with van der Waals surface area (Å²) in [4.78, 5) is 0. The quantitative estimate of drug-likeness (QED) is 0.395. The lowest BCUT2D eigenvalue weighted by Crippen LogP contribution is -2.25. The van der Waals surface area contributed by atoms with Crippen molar-refractivity contribution in [3.05, 3.63) is 121 Å². The van der Waals surface area contributed by atoms with E-state index in [1.807, 2.05) is 97.1 Å². The molecular weight excluding hydrogens is 410 g/mol. The van der Waals surface area contributed by atoms with E-state index in [9.17, 15) is 4.57 Å². The molecule has 0 radical (unpaired) electrons. The summed E-state index contributed by atoms with van der Waals surface area (Å²) in [5, 5.41) is 3.95. The first-order valence-electron chi connectivity index (χ1n) is 9.53. The number of rotatable bonds is 6. The van der Waals surface area contributed by atoms with Crippen molar-refractivity contribution in [2.24, 2.45) is 0 Å². The largest absolute Gasteiger partial charge is 0.313 e. The van der Waals surface area contributed by atoms with Gasteiger partial charge in [-0.05, 0) is 10.6 Å². The van der Waals surface area contributed by atoms with Crippen molar-refractivity contribution >= 4 is 46.2 Å². The minimum Gasteiger partial charge on any atom is -0.313 e. The van der Waals surface area contributed by atoms with E-state index >= 15 is 0 Å².